The van der Waals surface area contributed by atoms with Crippen LogP contribution in [0.4, 0.5) is 10.6 Å². The smallest absolute Gasteiger partial charge is 0.412 e. The van der Waals surface area contributed by atoms with Crippen molar-refractivity contribution in [3.05, 3.63) is 65.4 Å². The molecule has 2 amide bonds. The van der Waals surface area contributed by atoms with Gasteiger partial charge < -0.3 is 14.7 Å². The topological polar surface area (TPSA) is 135 Å². The molecule has 0 bridgehead atoms. The number of nitrogens with one attached hydrogen (secondary N) is 1. The first-order valence-corrected chi connectivity index (χ1v) is 11.3. The summed E-state index contributed by atoms with van der Waals surface area (Å²) in [6.07, 6.45) is -0.156. The third kappa shape index (κ3) is 4.11. The van der Waals surface area contributed by atoms with Crippen molar-refractivity contribution in [3.8, 4) is 11.1 Å². The molecule has 0 unspecified atom stereocenters. The Morgan fingerprint density at radius 2 is 1.66 bits per heavy atom. The van der Waals surface area contributed by atoms with Crippen LogP contribution in [0.2, 0.25) is 0 Å². The maximum absolute atomic E-state index is 12.9. The maximum atomic E-state index is 12.9. The molecule has 0 radical (unpaired) electrons. The quantitative estimate of drug-likeness (QED) is 0.568. The van der Waals surface area contributed by atoms with Crippen molar-refractivity contribution in [3.63, 3.8) is 0 Å². The van der Waals surface area contributed by atoms with Crippen LogP contribution in [0, 0.1) is 5.41 Å². The molecule has 1 fully saturated rings. The number of piperidine rings is 1. The largest absolute Gasteiger partial charge is 0.481 e. The second-order valence-corrected chi connectivity index (χ2v) is 9.07. The summed E-state index contributed by atoms with van der Waals surface area (Å²) < 4.78 is 10.2. The zero-order valence-corrected chi connectivity index (χ0v) is 19.1. The van der Waals surface area contributed by atoms with Crippen LogP contribution in [0.5, 0.6) is 0 Å². The number of hydrogen-bond acceptors (Lipinski definition) is 7. The number of anilines is 1. The van der Waals surface area contributed by atoms with Gasteiger partial charge in [-0.25, -0.2) is 9.42 Å². The van der Waals surface area contributed by atoms with Gasteiger partial charge in [-0.2, -0.15) is 0 Å². The number of carboxylic acids is 1. The van der Waals surface area contributed by atoms with Crippen LogP contribution in [0.25, 0.3) is 11.1 Å². The lowest BCUT2D eigenvalue weighted by atomic mass is 9.80. The van der Waals surface area contributed by atoms with Gasteiger partial charge in [-0.3, -0.25) is 14.9 Å². The molecular weight excluding hydrogens is 452 g/mol. The van der Waals surface area contributed by atoms with Crippen LogP contribution < -0.4 is 5.32 Å². The van der Waals surface area contributed by atoms with Crippen molar-refractivity contribution in [1.29, 1.82) is 0 Å². The molecule has 35 heavy (non-hydrogen) atoms. The van der Waals surface area contributed by atoms with Gasteiger partial charge in [-0.1, -0.05) is 48.5 Å². The standard InChI is InChI=1S/C25H24N4O6/c1-25(23(31)32)10-12-29(13-11-25)22(30)20-21(28-35-27-20)26-24(33)34-14-19-17-8-4-2-6-15(17)16-7-3-5-9-18(16)19/h2-9,19H,10-14H2,1H3,(H,31,32)(H,26,28,33). The minimum absolute atomic E-state index is 0.105. The molecular formula is C25H24N4O6. The number of amides is 2. The van der Waals surface area contributed by atoms with Crippen LogP contribution in [0.15, 0.2) is 53.2 Å². The minimum Gasteiger partial charge on any atom is -0.481 e. The van der Waals surface area contributed by atoms with Crippen LogP contribution in [0.1, 0.15) is 47.3 Å². The second kappa shape index (κ2) is 8.86. The van der Waals surface area contributed by atoms with E-state index in [-0.39, 0.29) is 37.1 Å². The van der Waals surface area contributed by atoms with Crippen molar-refractivity contribution in [2.45, 2.75) is 25.7 Å². The molecule has 3 aromatic rings. The van der Waals surface area contributed by atoms with Crippen LogP contribution >= 0.6 is 0 Å². The fourth-order valence-electron chi connectivity index (χ4n) is 4.71. The maximum Gasteiger partial charge on any atom is 0.412 e. The van der Waals surface area contributed by atoms with E-state index < -0.39 is 23.4 Å². The third-order valence-corrected chi connectivity index (χ3v) is 6.93. The van der Waals surface area contributed by atoms with Crippen LogP contribution in [-0.4, -0.2) is 58.0 Å². The molecule has 2 aromatic carbocycles. The second-order valence-electron chi connectivity index (χ2n) is 9.07. The average Bonchev–Trinajstić information content (AvgIpc) is 3.45. The molecule has 5 rings (SSSR count). The summed E-state index contributed by atoms with van der Waals surface area (Å²) in [5, 5.41) is 19.1. The van der Waals surface area contributed by atoms with E-state index in [1.54, 1.807) is 6.92 Å². The average molecular weight is 476 g/mol. The summed E-state index contributed by atoms with van der Waals surface area (Å²) in [4.78, 5) is 38.4. The van der Waals surface area contributed by atoms with Crippen molar-refractivity contribution in [2.75, 3.05) is 25.0 Å². The third-order valence-electron chi connectivity index (χ3n) is 6.93. The Bertz CT molecular complexity index is 1250. The van der Waals surface area contributed by atoms with Gasteiger partial charge in [0.2, 0.25) is 11.5 Å². The van der Waals surface area contributed by atoms with E-state index in [4.69, 9.17) is 9.37 Å². The van der Waals surface area contributed by atoms with E-state index in [1.807, 2.05) is 48.5 Å². The fourth-order valence-corrected chi connectivity index (χ4v) is 4.71. The van der Waals surface area contributed by atoms with E-state index in [0.717, 1.165) is 22.3 Å². The van der Waals surface area contributed by atoms with Gasteiger partial charge in [-0.15, -0.1) is 0 Å². The summed E-state index contributed by atoms with van der Waals surface area (Å²) in [7, 11) is 0. The molecule has 1 aliphatic carbocycles. The zero-order chi connectivity index (χ0) is 24.6. The highest BCUT2D eigenvalue weighted by Gasteiger charge is 2.39. The number of carbonyl (C=O) groups is 3. The number of nitrogens with zero attached hydrogens (tertiary/aromatic N) is 3. The molecule has 0 spiro atoms. The Labute approximate surface area is 200 Å². The van der Waals surface area contributed by atoms with Crippen molar-refractivity contribution in [1.82, 2.24) is 15.2 Å². The molecule has 2 N–H and O–H groups in total. The van der Waals surface area contributed by atoms with Crippen molar-refractivity contribution >= 4 is 23.8 Å². The highest BCUT2D eigenvalue weighted by molar-refractivity contribution is 5.99. The molecule has 1 saturated heterocycles. The van der Waals surface area contributed by atoms with Crippen molar-refractivity contribution < 1.29 is 28.9 Å². The Balaban J connectivity index is 1.23. The number of carboxylic acid groups (broad SMARTS) is 1. The number of benzene rings is 2. The number of aliphatic carboxylic acids is 1. The monoisotopic (exact) mass is 476 g/mol. The zero-order valence-electron chi connectivity index (χ0n) is 19.1. The van der Waals surface area contributed by atoms with Gasteiger partial charge in [0.05, 0.1) is 5.41 Å². The predicted octanol–water partition coefficient (Wildman–Crippen LogP) is 3.76. The lowest BCUT2D eigenvalue weighted by Crippen LogP contribution is -2.45. The van der Waals surface area contributed by atoms with Gasteiger partial charge in [0, 0.05) is 19.0 Å². The van der Waals surface area contributed by atoms with E-state index >= 15 is 0 Å². The molecule has 10 nitrogen and oxygen atoms in total. The highest BCUT2D eigenvalue weighted by Crippen LogP contribution is 2.44. The van der Waals surface area contributed by atoms with Gasteiger partial charge in [0.1, 0.15) is 6.61 Å². The SMILES string of the molecule is CC1(C(=O)O)CCN(C(=O)c2nonc2NC(=O)OCC2c3ccccc3-c3ccccc32)CC1. The normalized spacial score (nSPS) is 16.3. The Morgan fingerprint density at radius 1 is 1.06 bits per heavy atom. The summed E-state index contributed by atoms with van der Waals surface area (Å²) in [6.45, 7) is 2.27. The van der Waals surface area contributed by atoms with Gasteiger partial charge in [-0.05, 0) is 52.3 Å². The molecule has 0 atom stereocenters. The first kappa shape index (κ1) is 22.6. The van der Waals surface area contributed by atoms with Gasteiger partial charge in [0.25, 0.3) is 5.91 Å². The molecule has 2 heterocycles. The summed E-state index contributed by atoms with van der Waals surface area (Å²) in [5.41, 5.74) is 3.37. The number of aromatic nitrogens is 2. The first-order valence-electron chi connectivity index (χ1n) is 11.3. The van der Waals surface area contributed by atoms with E-state index in [9.17, 15) is 19.5 Å². The number of ether oxygens (including phenoxy) is 1. The lowest BCUT2D eigenvalue weighted by Gasteiger charge is -2.36. The van der Waals surface area contributed by atoms with Crippen molar-refractivity contribution in [2.24, 2.45) is 5.41 Å². The molecule has 1 aliphatic heterocycles. The Hall–Kier alpha value is -4.21. The molecule has 2 aliphatic rings. The molecule has 1 aromatic heterocycles. The number of likely N-dealkylation sites (tertiary alicyclic amines) is 1. The molecule has 180 valence electrons. The van der Waals surface area contributed by atoms with E-state index in [1.165, 1.54) is 4.90 Å². The van der Waals surface area contributed by atoms with E-state index in [0.29, 0.717) is 12.8 Å². The van der Waals surface area contributed by atoms with Gasteiger partial charge in [0.15, 0.2) is 0 Å². The summed E-state index contributed by atoms with van der Waals surface area (Å²) in [5.74, 6) is -1.63. The summed E-state index contributed by atoms with van der Waals surface area (Å²) >= 11 is 0. The number of carbonyl (C=O) groups excluding carboxylic acids is 2. The van der Waals surface area contributed by atoms with Gasteiger partial charge >= 0.3 is 12.1 Å². The Kier molecular flexibility index (Phi) is 5.72. The first-order chi connectivity index (χ1) is 16.9. The molecule has 10 heteroatoms. The van der Waals surface area contributed by atoms with Crippen LogP contribution in [0.3, 0.4) is 0 Å². The summed E-state index contributed by atoms with van der Waals surface area (Å²) in [6, 6.07) is 16.0. The number of rotatable bonds is 5. The number of fused-ring (bicyclic) bond motifs is 3. The minimum atomic E-state index is -0.884. The predicted molar refractivity (Wildman–Crippen MR) is 124 cm³/mol. The van der Waals surface area contributed by atoms with Crippen LogP contribution in [-0.2, 0) is 9.53 Å². The Morgan fingerprint density at radius 3 is 2.26 bits per heavy atom. The highest BCUT2D eigenvalue weighted by atomic mass is 16.6. The van der Waals surface area contributed by atoms with E-state index in [2.05, 4.69) is 15.6 Å². The molecule has 0 saturated carbocycles. The lowest BCUT2D eigenvalue weighted by molar-refractivity contribution is -0.150. The fraction of sp³-hybridized carbons (Fsp3) is 0.320. The number of hydrogen-bond donors (Lipinski definition) is 2.